The van der Waals surface area contributed by atoms with E-state index in [1.54, 1.807) is 60.8 Å². The van der Waals surface area contributed by atoms with E-state index in [-0.39, 0.29) is 0 Å². The second-order valence-corrected chi connectivity index (χ2v) is 9.25. The molecule has 0 aliphatic heterocycles. The number of nitrogens with zero attached hydrogens (tertiary/aromatic N) is 2. The zero-order valence-corrected chi connectivity index (χ0v) is 21.0. The smallest absolute Gasteiger partial charge is 0.343 e. The number of halogens is 3. The largest absolute Gasteiger partial charge is 0.436 e. The molecule has 0 N–H and O–H groups in total. The number of aliphatic imine (C=N–C) groups is 1. The number of carbonyl (C=O) groups is 1. The summed E-state index contributed by atoms with van der Waals surface area (Å²) in [4.78, 5) is 21.3. The van der Waals surface area contributed by atoms with Crippen LogP contribution in [0.1, 0.15) is 15.9 Å². The molecule has 1 aromatic heterocycles. The highest BCUT2D eigenvalue weighted by molar-refractivity contribution is 9.10. The summed E-state index contributed by atoms with van der Waals surface area (Å²) in [6, 6.07) is 24.8. The topological polar surface area (TPSA) is 64.7 Å². The number of hydrogen-bond acceptors (Lipinski definition) is 5. The summed E-state index contributed by atoms with van der Waals surface area (Å²) in [5.74, 6) is 0.488. The van der Waals surface area contributed by atoms with Crippen LogP contribution >= 0.6 is 39.1 Å². The van der Waals surface area contributed by atoms with Crippen molar-refractivity contribution in [2.24, 2.45) is 4.99 Å². The summed E-state index contributed by atoms with van der Waals surface area (Å²) in [6.07, 6.45) is 1.72. The van der Waals surface area contributed by atoms with Crippen LogP contribution in [0.2, 0.25) is 10.0 Å². The van der Waals surface area contributed by atoms with Crippen LogP contribution in [0.15, 0.2) is 98.8 Å². The van der Waals surface area contributed by atoms with Gasteiger partial charge in [0.25, 0.3) is 0 Å². The van der Waals surface area contributed by atoms with E-state index in [2.05, 4.69) is 25.9 Å². The zero-order valence-electron chi connectivity index (χ0n) is 17.9. The summed E-state index contributed by atoms with van der Waals surface area (Å²) in [5, 5.41) is 0.907. The van der Waals surface area contributed by atoms with Crippen LogP contribution in [0, 0.1) is 0 Å². The molecular weight excluding hydrogens is 551 g/mol. The van der Waals surface area contributed by atoms with Gasteiger partial charge in [-0.05, 0) is 90.5 Å². The van der Waals surface area contributed by atoms with E-state index in [9.17, 15) is 4.79 Å². The predicted molar refractivity (Wildman–Crippen MR) is 142 cm³/mol. The lowest BCUT2D eigenvalue weighted by molar-refractivity contribution is 0.0734. The van der Waals surface area contributed by atoms with Crippen molar-refractivity contribution in [3.05, 3.63) is 111 Å². The summed E-state index contributed by atoms with van der Waals surface area (Å²) in [7, 11) is 0. The second-order valence-electron chi connectivity index (χ2n) is 7.52. The Balaban J connectivity index is 1.28. The molecule has 0 radical (unpaired) electrons. The van der Waals surface area contributed by atoms with Gasteiger partial charge in [0.2, 0.25) is 5.89 Å². The molecule has 5 rings (SSSR count). The lowest BCUT2D eigenvalue weighted by atomic mass is 10.2. The first-order valence-electron chi connectivity index (χ1n) is 10.4. The number of aromatic nitrogens is 1. The molecule has 5 nitrogen and oxygen atoms in total. The first kappa shape index (κ1) is 23.3. The Bertz CT molecular complexity index is 1560. The maximum absolute atomic E-state index is 12.3. The molecule has 0 aliphatic carbocycles. The minimum atomic E-state index is -0.417. The minimum absolute atomic E-state index is 0.417. The first-order valence-corrected chi connectivity index (χ1v) is 12.0. The Labute approximate surface area is 219 Å². The summed E-state index contributed by atoms with van der Waals surface area (Å²) in [5.41, 5.74) is 4.10. The molecule has 35 heavy (non-hydrogen) atoms. The highest BCUT2D eigenvalue weighted by Gasteiger charge is 2.11. The second kappa shape index (κ2) is 10.0. The highest BCUT2D eigenvalue weighted by atomic mass is 79.9. The molecule has 8 heteroatoms. The van der Waals surface area contributed by atoms with Crippen molar-refractivity contribution in [1.82, 2.24) is 4.98 Å². The first-order chi connectivity index (χ1) is 16.9. The molecule has 0 aliphatic rings. The average Bonchev–Trinajstić information content (AvgIpc) is 3.29. The monoisotopic (exact) mass is 564 g/mol. The van der Waals surface area contributed by atoms with E-state index in [0.29, 0.717) is 38.3 Å². The number of oxazole rings is 1. The van der Waals surface area contributed by atoms with Gasteiger partial charge in [-0.3, -0.25) is 4.99 Å². The van der Waals surface area contributed by atoms with Gasteiger partial charge in [0.15, 0.2) is 5.58 Å². The van der Waals surface area contributed by atoms with Crippen molar-refractivity contribution in [3.63, 3.8) is 0 Å². The zero-order chi connectivity index (χ0) is 24.4. The lowest BCUT2D eigenvalue weighted by Gasteiger charge is -2.04. The van der Waals surface area contributed by atoms with Crippen molar-refractivity contribution >= 4 is 68.1 Å². The van der Waals surface area contributed by atoms with Crippen molar-refractivity contribution < 1.29 is 13.9 Å². The van der Waals surface area contributed by atoms with Crippen LogP contribution < -0.4 is 4.74 Å². The normalized spacial score (nSPS) is 11.3. The predicted octanol–water partition coefficient (Wildman–Crippen LogP) is 8.53. The molecule has 0 fully saturated rings. The van der Waals surface area contributed by atoms with Crippen LogP contribution in [0.5, 0.6) is 5.75 Å². The van der Waals surface area contributed by atoms with E-state index < -0.39 is 5.97 Å². The molecule has 1 heterocycles. The van der Waals surface area contributed by atoms with Gasteiger partial charge in [-0.2, -0.15) is 0 Å². The van der Waals surface area contributed by atoms with Crippen molar-refractivity contribution in [1.29, 1.82) is 0 Å². The van der Waals surface area contributed by atoms with Gasteiger partial charge in [0.1, 0.15) is 11.3 Å². The number of benzene rings is 4. The minimum Gasteiger partial charge on any atom is -0.436 e. The van der Waals surface area contributed by atoms with E-state index >= 15 is 0 Å². The number of rotatable bonds is 5. The van der Waals surface area contributed by atoms with E-state index in [4.69, 9.17) is 32.4 Å². The molecule has 0 spiro atoms. The Morgan fingerprint density at radius 3 is 2.43 bits per heavy atom. The molecule has 172 valence electrons. The Morgan fingerprint density at radius 2 is 1.69 bits per heavy atom. The maximum Gasteiger partial charge on any atom is 0.343 e. The standard InChI is InChI=1S/C27H15BrCl2N2O3/c28-19-6-3-17(4-7-19)27(33)34-21-9-1-16(2-10-21)15-31-20-8-12-25-24(14-20)32-26(35-25)18-5-11-22(29)23(30)13-18/h1-15H. The molecule has 4 aromatic carbocycles. The van der Waals surface area contributed by atoms with Crippen LogP contribution in [0.3, 0.4) is 0 Å². The summed E-state index contributed by atoms with van der Waals surface area (Å²) in [6.45, 7) is 0. The SMILES string of the molecule is O=C(Oc1ccc(C=Nc2ccc3oc(-c4ccc(Cl)c(Cl)c4)nc3c2)cc1)c1ccc(Br)cc1. The third-order valence-corrected chi connectivity index (χ3v) is 6.34. The number of carbonyl (C=O) groups excluding carboxylic acids is 1. The molecule has 0 saturated carbocycles. The van der Waals surface area contributed by atoms with Crippen LogP contribution in [0.4, 0.5) is 5.69 Å². The fraction of sp³-hybridized carbons (Fsp3) is 0. The van der Waals surface area contributed by atoms with E-state index in [0.717, 1.165) is 21.3 Å². The molecule has 0 amide bonds. The third kappa shape index (κ3) is 5.46. The number of esters is 1. The van der Waals surface area contributed by atoms with Gasteiger partial charge in [0.05, 0.1) is 21.3 Å². The quantitative estimate of drug-likeness (QED) is 0.122. The average molecular weight is 566 g/mol. The third-order valence-electron chi connectivity index (χ3n) is 5.07. The molecule has 0 bridgehead atoms. The highest BCUT2D eigenvalue weighted by Crippen LogP contribution is 2.31. The summed E-state index contributed by atoms with van der Waals surface area (Å²) < 4.78 is 12.2. The van der Waals surface area contributed by atoms with Gasteiger partial charge < -0.3 is 9.15 Å². The molecular formula is C27H15BrCl2N2O3. The fourth-order valence-electron chi connectivity index (χ4n) is 3.27. The number of fused-ring (bicyclic) bond motifs is 1. The van der Waals surface area contributed by atoms with E-state index in [1.165, 1.54) is 0 Å². The number of hydrogen-bond donors (Lipinski definition) is 0. The molecule has 0 atom stereocenters. The summed E-state index contributed by atoms with van der Waals surface area (Å²) >= 11 is 15.4. The van der Waals surface area contributed by atoms with Gasteiger partial charge in [-0.15, -0.1) is 0 Å². The van der Waals surface area contributed by atoms with Gasteiger partial charge in [-0.1, -0.05) is 39.1 Å². The van der Waals surface area contributed by atoms with E-state index in [1.807, 2.05) is 30.3 Å². The van der Waals surface area contributed by atoms with Crippen molar-refractivity contribution in [2.45, 2.75) is 0 Å². The van der Waals surface area contributed by atoms with Gasteiger partial charge >= 0.3 is 5.97 Å². The molecule has 0 unspecified atom stereocenters. The van der Waals surface area contributed by atoms with Crippen LogP contribution in [-0.4, -0.2) is 17.2 Å². The molecule has 0 saturated heterocycles. The Kier molecular flexibility index (Phi) is 6.68. The Morgan fingerprint density at radius 1 is 0.914 bits per heavy atom. The fourth-order valence-corrected chi connectivity index (χ4v) is 3.83. The molecule has 5 aromatic rings. The maximum atomic E-state index is 12.3. The van der Waals surface area contributed by atoms with Crippen molar-refractivity contribution in [3.8, 4) is 17.2 Å². The van der Waals surface area contributed by atoms with Gasteiger partial charge in [0, 0.05) is 16.3 Å². The van der Waals surface area contributed by atoms with Crippen LogP contribution in [-0.2, 0) is 0 Å². The lowest BCUT2D eigenvalue weighted by Crippen LogP contribution is -2.08. The van der Waals surface area contributed by atoms with Gasteiger partial charge in [-0.25, -0.2) is 9.78 Å². The number of ether oxygens (including phenoxy) is 1. The van der Waals surface area contributed by atoms with Crippen molar-refractivity contribution in [2.75, 3.05) is 0 Å². The van der Waals surface area contributed by atoms with Crippen LogP contribution in [0.25, 0.3) is 22.6 Å². The Hall–Kier alpha value is -3.45.